The van der Waals surface area contributed by atoms with Crippen LogP contribution in [0.2, 0.25) is 0 Å². The summed E-state index contributed by atoms with van der Waals surface area (Å²) in [5, 5.41) is 3.42. The molecule has 0 radical (unpaired) electrons. The third-order valence-corrected chi connectivity index (χ3v) is 2.75. The highest BCUT2D eigenvalue weighted by Gasteiger charge is 2.03. The van der Waals surface area contributed by atoms with Gasteiger partial charge in [0.05, 0.1) is 6.61 Å². The van der Waals surface area contributed by atoms with Gasteiger partial charge in [0.15, 0.2) is 0 Å². The number of nitrogens with one attached hydrogen (secondary N) is 1. The molecule has 0 saturated heterocycles. The molecule has 17 heavy (non-hydrogen) atoms. The summed E-state index contributed by atoms with van der Waals surface area (Å²) in [6, 6.07) is 6.85. The average Bonchev–Trinajstić information content (AvgIpc) is 2.33. The lowest BCUT2D eigenvalue weighted by Gasteiger charge is -2.15. The number of hydrogen-bond acceptors (Lipinski definition) is 2. The van der Waals surface area contributed by atoms with E-state index in [2.05, 4.69) is 19.2 Å². The van der Waals surface area contributed by atoms with Crippen molar-refractivity contribution < 1.29 is 9.13 Å². The van der Waals surface area contributed by atoms with Crippen molar-refractivity contribution in [2.24, 2.45) is 0 Å². The number of halogens is 1. The second-order valence-electron chi connectivity index (χ2n) is 4.11. The smallest absolute Gasteiger partial charge is 0.126 e. The summed E-state index contributed by atoms with van der Waals surface area (Å²) in [6.07, 6.45) is 3.22. The van der Waals surface area contributed by atoms with Gasteiger partial charge >= 0.3 is 0 Å². The first-order valence-corrected chi connectivity index (χ1v) is 6.38. The molecule has 0 aromatic heterocycles. The standard InChI is InChI=1S/C14H22FNO/c1-3-13(16-4-2)8-6-10-17-14-9-5-7-12(15)11-14/h5,7,9,11,13,16H,3-4,6,8,10H2,1-2H3. The molecule has 0 bridgehead atoms. The molecule has 0 heterocycles. The fourth-order valence-corrected chi connectivity index (χ4v) is 1.82. The minimum absolute atomic E-state index is 0.249. The Morgan fingerprint density at radius 2 is 2.18 bits per heavy atom. The predicted octanol–water partition coefficient (Wildman–Crippen LogP) is 3.37. The van der Waals surface area contributed by atoms with Crippen molar-refractivity contribution >= 4 is 0 Å². The van der Waals surface area contributed by atoms with Crippen LogP contribution >= 0.6 is 0 Å². The normalized spacial score (nSPS) is 12.4. The zero-order valence-corrected chi connectivity index (χ0v) is 10.7. The summed E-state index contributed by atoms with van der Waals surface area (Å²) < 4.78 is 18.4. The van der Waals surface area contributed by atoms with Crippen LogP contribution in [-0.2, 0) is 0 Å². The van der Waals surface area contributed by atoms with Crippen molar-refractivity contribution in [2.45, 2.75) is 39.2 Å². The van der Waals surface area contributed by atoms with Crippen LogP contribution < -0.4 is 10.1 Å². The van der Waals surface area contributed by atoms with E-state index in [4.69, 9.17) is 4.74 Å². The van der Waals surface area contributed by atoms with E-state index in [0.29, 0.717) is 18.4 Å². The van der Waals surface area contributed by atoms with Crippen LogP contribution in [0.1, 0.15) is 33.1 Å². The first kappa shape index (κ1) is 14.0. The van der Waals surface area contributed by atoms with Gasteiger partial charge in [-0.25, -0.2) is 4.39 Å². The molecule has 0 aliphatic rings. The molecule has 0 spiro atoms. The SMILES string of the molecule is CCNC(CC)CCCOc1cccc(F)c1. The van der Waals surface area contributed by atoms with E-state index in [1.54, 1.807) is 12.1 Å². The lowest BCUT2D eigenvalue weighted by atomic mass is 10.1. The maximum absolute atomic E-state index is 12.9. The highest BCUT2D eigenvalue weighted by molar-refractivity contribution is 5.22. The molecule has 1 N–H and O–H groups in total. The van der Waals surface area contributed by atoms with Gasteiger partial charge in [-0.1, -0.05) is 19.9 Å². The minimum atomic E-state index is -0.249. The van der Waals surface area contributed by atoms with Gasteiger partial charge < -0.3 is 10.1 Å². The summed E-state index contributed by atoms with van der Waals surface area (Å²) >= 11 is 0. The Labute approximate surface area is 103 Å². The van der Waals surface area contributed by atoms with Crippen molar-refractivity contribution in [1.82, 2.24) is 5.32 Å². The topological polar surface area (TPSA) is 21.3 Å². The molecular weight excluding hydrogens is 217 g/mol. The van der Waals surface area contributed by atoms with Crippen LogP contribution in [0, 0.1) is 5.82 Å². The van der Waals surface area contributed by atoms with E-state index < -0.39 is 0 Å². The molecule has 0 amide bonds. The van der Waals surface area contributed by atoms with Gasteiger partial charge in [0.25, 0.3) is 0 Å². The second-order valence-corrected chi connectivity index (χ2v) is 4.11. The molecule has 2 nitrogen and oxygen atoms in total. The Kier molecular flexibility index (Phi) is 6.63. The fourth-order valence-electron chi connectivity index (χ4n) is 1.82. The van der Waals surface area contributed by atoms with E-state index >= 15 is 0 Å². The first-order chi connectivity index (χ1) is 8.26. The van der Waals surface area contributed by atoms with Crippen molar-refractivity contribution in [3.05, 3.63) is 30.1 Å². The zero-order chi connectivity index (χ0) is 12.5. The van der Waals surface area contributed by atoms with Crippen molar-refractivity contribution in [1.29, 1.82) is 0 Å². The van der Waals surface area contributed by atoms with Gasteiger partial charge in [0.2, 0.25) is 0 Å². The highest BCUT2D eigenvalue weighted by Crippen LogP contribution is 2.12. The summed E-state index contributed by atoms with van der Waals surface area (Å²) in [5.74, 6) is 0.364. The van der Waals surface area contributed by atoms with Gasteiger partial charge in [-0.05, 0) is 37.9 Å². The summed E-state index contributed by atoms with van der Waals surface area (Å²) in [5.41, 5.74) is 0. The Balaban J connectivity index is 2.19. The predicted molar refractivity (Wildman–Crippen MR) is 68.9 cm³/mol. The van der Waals surface area contributed by atoms with Crippen LogP contribution in [0.25, 0.3) is 0 Å². The molecule has 1 aromatic rings. The Hall–Kier alpha value is -1.09. The minimum Gasteiger partial charge on any atom is -0.493 e. The fraction of sp³-hybridized carbons (Fsp3) is 0.571. The highest BCUT2D eigenvalue weighted by atomic mass is 19.1. The summed E-state index contributed by atoms with van der Waals surface area (Å²) in [7, 11) is 0. The number of benzene rings is 1. The molecule has 96 valence electrons. The van der Waals surface area contributed by atoms with Gasteiger partial charge in [-0.3, -0.25) is 0 Å². The van der Waals surface area contributed by atoms with Gasteiger partial charge in [-0.2, -0.15) is 0 Å². The largest absolute Gasteiger partial charge is 0.493 e. The van der Waals surface area contributed by atoms with Crippen molar-refractivity contribution in [3.8, 4) is 5.75 Å². The van der Waals surface area contributed by atoms with Crippen LogP contribution in [0.4, 0.5) is 4.39 Å². The monoisotopic (exact) mass is 239 g/mol. The average molecular weight is 239 g/mol. The van der Waals surface area contributed by atoms with Gasteiger partial charge in [0, 0.05) is 12.1 Å². The molecular formula is C14H22FNO. The van der Waals surface area contributed by atoms with E-state index in [1.807, 2.05) is 0 Å². The summed E-state index contributed by atoms with van der Waals surface area (Å²) in [4.78, 5) is 0. The number of ether oxygens (including phenoxy) is 1. The van der Waals surface area contributed by atoms with Crippen LogP contribution in [-0.4, -0.2) is 19.2 Å². The van der Waals surface area contributed by atoms with Crippen molar-refractivity contribution in [3.63, 3.8) is 0 Å². The molecule has 1 unspecified atom stereocenters. The third kappa shape index (κ3) is 5.68. The van der Waals surface area contributed by atoms with E-state index in [0.717, 1.165) is 25.8 Å². The maximum Gasteiger partial charge on any atom is 0.126 e. The maximum atomic E-state index is 12.9. The van der Waals surface area contributed by atoms with Crippen LogP contribution in [0.15, 0.2) is 24.3 Å². The molecule has 1 atom stereocenters. The molecule has 0 aliphatic heterocycles. The van der Waals surface area contributed by atoms with Gasteiger partial charge in [0.1, 0.15) is 11.6 Å². The van der Waals surface area contributed by atoms with Crippen LogP contribution in [0.5, 0.6) is 5.75 Å². The van der Waals surface area contributed by atoms with E-state index in [1.165, 1.54) is 12.1 Å². The van der Waals surface area contributed by atoms with Crippen LogP contribution in [0.3, 0.4) is 0 Å². The lowest BCUT2D eigenvalue weighted by Crippen LogP contribution is -2.28. The molecule has 0 fully saturated rings. The number of hydrogen-bond donors (Lipinski definition) is 1. The Morgan fingerprint density at radius 1 is 1.35 bits per heavy atom. The lowest BCUT2D eigenvalue weighted by molar-refractivity contribution is 0.293. The zero-order valence-electron chi connectivity index (χ0n) is 10.7. The van der Waals surface area contributed by atoms with Gasteiger partial charge in [-0.15, -0.1) is 0 Å². The van der Waals surface area contributed by atoms with E-state index in [9.17, 15) is 4.39 Å². The second kappa shape index (κ2) is 8.07. The molecule has 1 rings (SSSR count). The molecule has 0 saturated carbocycles. The molecule has 0 aliphatic carbocycles. The molecule has 1 aromatic carbocycles. The Bertz CT molecular complexity index is 317. The van der Waals surface area contributed by atoms with E-state index in [-0.39, 0.29) is 5.82 Å². The third-order valence-electron chi connectivity index (χ3n) is 2.75. The Morgan fingerprint density at radius 3 is 2.82 bits per heavy atom. The van der Waals surface area contributed by atoms with Crippen molar-refractivity contribution in [2.75, 3.05) is 13.2 Å². The summed E-state index contributed by atoms with van der Waals surface area (Å²) in [6.45, 7) is 5.95. The quantitative estimate of drug-likeness (QED) is 0.702. The first-order valence-electron chi connectivity index (χ1n) is 6.38. The molecule has 3 heteroatoms. The number of rotatable bonds is 8.